The molecule has 238 valence electrons. The van der Waals surface area contributed by atoms with E-state index < -0.39 is 23.9 Å². The van der Waals surface area contributed by atoms with Gasteiger partial charge in [-0.15, -0.1) is 0 Å². The van der Waals surface area contributed by atoms with Crippen molar-refractivity contribution in [3.8, 4) is 17.2 Å². The lowest BCUT2D eigenvalue weighted by molar-refractivity contribution is -0.125. The van der Waals surface area contributed by atoms with Crippen molar-refractivity contribution < 1.29 is 33.0 Å². The zero-order chi connectivity index (χ0) is 32.2. The van der Waals surface area contributed by atoms with Crippen LogP contribution in [0.25, 0.3) is 10.9 Å². The van der Waals surface area contributed by atoms with Crippen molar-refractivity contribution in [2.24, 2.45) is 0 Å². The van der Waals surface area contributed by atoms with Gasteiger partial charge in [-0.1, -0.05) is 23.7 Å². The second-order valence-corrected chi connectivity index (χ2v) is 11.6. The van der Waals surface area contributed by atoms with Crippen molar-refractivity contribution in [2.45, 2.75) is 38.0 Å². The molecule has 0 aliphatic carbocycles. The Morgan fingerprint density at radius 3 is 2.78 bits per heavy atom. The summed E-state index contributed by atoms with van der Waals surface area (Å²) in [5, 5.41) is 6.71. The maximum atomic E-state index is 14.7. The van der Waals surface area contributed by atoms with Gasteiger partial charge >= 0.3 is 0 Å². The van der Waals surface area contributed by atoms with Crippen molar-refractivity contribution in [3.63, 3.8) is 0 Å². The van der Waals surface area contributed by atoms with Gasteiger partial charge in [-0.05, 0) is 60.0 Å². The third-order valence-electron chi connectivity index (χ3n) is 8.07. The number of nitrogens with one attached hydrogen (secondary N) is 2. The number of benzene rings is 3. The van der Waals surface area contributed by atoms with E-state index in [1.54, 1.807) is 53.6 Å². The highest BCUT2D eigenvalue weighted by atomic mass is 35.5. The number of hydrogen-bond acceptors (Lipinski definition) is 7. The summed E-state index contributed by atoms with van der Waals surface area (Å²) in [5.41, 5.74) is 2.30. The number of carbonyl (C=O) groups excluding carboxylic acids is 3. The van der Waals surface area contributed by atoms with Crippen molar-refractivity contribution in [1.29, 1.82) is 0 Å². The summed E-state index contributed by atoms with van der Waals surface area (Å²) in [6.45, 7) is 0.154. The highest BCUT2D eigenvalue weighted by Gasteiger charge is 2.35. The Bertz CT molecular complexity index is 1800. The third kappa shape index (κ3) is 6.99. The lowest BCUT2D eigenvalue weighted by Gasteiger charge is -2.39. The first-order valence-electron chi connectivity index (χ1n) is 14.9. The Hall–Kier alpha value is -4.90. The molecule has 0 radical (unpaired) electrons. The van der Waals surface area contributed by atoms with Gasteiger partial charge in [-0.2, -0.15) is 0 Å². The Balaban J connectivity index is 1.30. The van der Waals surface area contributed by atoms with Crippen molar-refractivity contribution >= 4 is 40.2 Å². The number of piperidine rings is 1. The van der Waals surface area contributed by atoms with Crippen molar-refractivity contribution in [2.75, 3.05) is 26.8 Å². The molecular weight excluding hydrogens is 615 g/mol. The van der Waals surface area contributed by atoms with Crippen LogP contribution in [0.15, 0.2) is 66.9 Å². The molecule has 2 atom stereocenters. The molecule has 2 aliphatic rings. The molecule has 1 aromatic heterocycles. The molecule has 10 nitrogen and oxygen atoms in total. The molecule has 1 saturated heterocycles. The monoisotopic (exact) mass is 646 g/mol. The van der Waals surface area contributed by atoms with E-state index in [1.165, 1.54) is 19.2 Å². The second-order valence-electron chi connectivity index (χ2n) is 11.2. The van der Waals surface area contributed by atoms with Gasteiger partial charge in [-0.3, -0.25) is 19.4 Å². The molecule has 2 aliphatic heterocycles. The van der Waals surface area contributed by atoms with Crippen LogP contribution in [0.3, 0.4) is 0 Å². The van der Waals surface area contributed by atoms with Crippen LogP contribution in [0.1, 0.15) is 34.3 Å². The summed E-state index contributed by atoms with van der Waals surface area (Å²) >= 11 is 6.53. The average Bonchev–Trinajstić information content (AvgIpc) is 3.05. The highest BCUT2D eigenvalue weighted by Crippen LogP contribution is 2.30. The van der Waals surface area contributed by atoms with Crippen LogP contribution < -0.4 is 24.8 Å². The fraction of sp³-hybridized carbons (Fsp3) is 0.294. The van der Waals surface area contributed by atoms with Crippen LogP contribution >= 0.6 is 11.6 Å². The summed E-state index contributed by atoms with van der Waals surface area (Å²) in [5.74, 6) is -0.450. The number of pyridine rings is 1. The standard InChI is InChI=1S/C34H32ClFN4O6/c1-44-29-8-4-20-5-9-31(41)38-17-21-13-22(36)16-23(14-21)46-28-10-12-40(18-27(28)39-32(42)19-45-30(29)15-20)34(43)33-24-3-2-11-37-26(24)7-6-25(33)35/h2-4,6-8,11,13-16,27-28H,5,9-10,12,17-19H2,1H3,(H,38,41)(H,39,42)/t27-,28-/m1/s1. The first-order chi connectivity index (χ1) is 22.3. The first kappa shape index (κ1) is 31.1. The second kappa shape index (κ2) is 13.6. The van der Waals surface area contributed by atoms with Crippen LogP contribution in [0.5, 0.6) is 17.2 Å². The summed E-state index contributed by atoms with van der Waals surface area (Å²) in [6, 6.07) is 15.8. The van der Waals surface area contributed by atoms with E-state index in [0.29, 0.717) is 57.9 Å². The number of hydrogen-bond donors (Lipinski definition) is 2. The van der Waals surface area contributed by atoms with Crippen LogP contribution in [-0.4, -0.2) is 66.6 Å². The zero-order valence-electron chi connectivity index (χ0n) is 25.1. The molecule has 0 unspecified atom stereocenters. The molecule has 3 aromatic carbocycles. The molecular formula is C34H32ClFN4O6. The quantitative estimate of drug-likeness (QED) is 0.330. The summed E-state index contributed by atoms with van der Waals surface area (Å²) in [4.78, 5) is 45.8. The maximum Gasteiger partial charge on any atom is 0.258 e. The van der Waals surface area contributed by atoms with E-state index in [2.05, 4.69) is 15.6 Å². The normalized spacial score (nSPS) is 19.0. The van der Waals surface area contributed by atoms with Gasteiger partial charge in [0.2, 0.25) is 5.91 Å². The van der Waals surface area contributed by atoms with E-state index in [0.717, 1.165) is 5.56 Å². The number of aryl methyl sites for hydroxylation is 1. The van der Waals surface area contributed by atoms with Gasteiger partial charge in [0.15, 0.2) is 18.1 Å². The van der Waals surface area contributed by atoms with Gasteiger partial charge in [0, 0.05) is 50.1 Å². The van der Waals surface area contributed by atoms with Crippen molar-refractivity contribution in [1.82, 2.24) is 20.5 Å². The molecule has 4 aromatic rings. The Kier molecular flexibility index (Phi) is 9.20. The number of carbonyl (C=O) groups is 3. The number of aromatic nitrogens is 1. The van der Waals surface area contributed by atoms with E-state index >= 15 is 0 Å². The fourth-order valence-electron chi connectivity index (χ4n) is 5.79. The summed E-state index contributed by atoms with van der Waals surface area (Å²) in [6.07, 6.45) is 1.98. The smallest absolute Gasteiger partial charge is 0.258 e. The molecule has 0 saturated carbocycles. The predicted octanol–water partition coefficient (Wildman–Crippen LogP) is 4.46. The Morgan fingerprint density at radius 1 is 1.07 bits per heavy atom. The van der Waals surface area contributed by atoms with Crippen LogP contribution in [0.2, 0.25) is 5.02 Å². The van der Waals surface area contributed by atoms with E-state index in [9.17, 15) is 18.8 Å². The number of rotatable bonds is 2. The van der Waals surface area contributed by atoms with Crippen LogP contribution in [0.4, 0.5) is 4.39 Å². The predicted molar refractivity (Wildman–Crippen MR) is 169 cm³/mol. The van der Waals surface area contributed by atoms with E-state index in [4.69, 9.17) is 25.8 Å². The molecule has 6 rings (SSSR count). The summed E-state index contributed by atoms with van der Waals surface area (Å²) < 4.78 is 32.2. The van der Waals surface area contributed by atoms with Gasteiger partial charge in [0.05, 0.1) is 29.3 Å². The van der Waals surface area contributed by atoms with Crippen LogP contribution in [0, 0.1) is 5.82 Å². The Labute approximate surface area is 269 Å². The van der Waals surface area contributed by atoms with Gasteiger partial charge in [-0.25, -0.2) is 4.39 Å². The molecule has 1 fully saturated rings. The number of nitrogens with zero attached hydrogens (tertiary/aromatic N) is 2. The first-order valence-corrected chi connectivity index (χ1v) is 15.3. The van der Waals surface area contributed by atoms with Gasteiger partial charge in [0.1, 0.15) is 17.7 Å². The number of fused-ring (bicyclic) bond motifs is 6. The fourth-order valence-corrected chi connectivity index (χ4v) is 6.04. The molecule has 0 spiro atoms. The largest absolute Gasteiger partial charge is 0.493 e. The number of ether oxygens (including phenoxy) is 3. The molecule has 12 heteroatoms. The topological polar surface area (TPSA) is 119 Å². The third-order valence-corrected chi connectivity index (χ3v) is 8.38. The molecule has 4 bridgehead atoms. The van der Waals surface area contributed by atoms with Gasteiger partial charge < -0.3 is 29.7 Å². The average molecular weight is 647 g/mol. The maximum absolute atomic E-state index is 14.7. The van der Waals surface area contributed by atoms with Crippen LogP contribution in [-0.2, 0) is 22.6 Å². The zero-order valence-corrected chi connectivity index (χ0v) is 25.8. The molecule has 3 heterocycles. The lowest BCUT2D eigenvalue weighted by Crippen LogP contribution is -2.58. The summed E-state index contributed by atoms with van der Waals surface area (Å²) in [7, 11) is 1.50. The highest BCUT2D eigenvalue weighted by molar-refractivity contribution is 6.35. The number of amides is 3. The van der Waals surface area contributed by atoms with Gasteiger partial charge in [0.25, 0.3) is 11.8 Å². The minimum atomic E-state index is -0.681. The number of likely N-dealkylation sites (tertiary alicyclic amines) is 1. The number of halogens is 2. The minimum absolute atomic E-state index is 0.0965. The number of methoxy groups -OCH3 is 1. The molecule has 46 heavy (non-hydrogen) atoms. The van der Waals surface area contributed by atoms with E-state index in [1.807, 2.05) is 6.07 Å². The SMILES string of the molecule is COc1ccc2cc1OCC(=O)N[C@@H]1CN(C(=O)c3c(Cl)ccc4ncccc34)CC[C@H]1Oc1cc(F)cc(c1)CNC(=O)CC2. The Morgan fingerprint density at radius 2 is 1.93 bits per heavy atom. The molecule has 3 amide bonds. The lowest BCUT2D eigenvalue weighted by atomic mass is 9.99. The minimum Gasteiger partial charge on any atom is -0.493 e. The van der Waals surface area contributed by atoms with E-state index in [-0.39, 0.29) is 43.7 Å². The molecule has 2 N–H and O–H groups in total. The van der Waals surface area contributed by atoms with Crippen molar-refractivity contribution in [3.05, 3.63) is 94.4 Å².